The molecule has 0 unspecified atom stereocenters. The third-order valence-electron chi connectivity index (χ3n) is 2.91. The van der Waals surface area contributed by atoms with Crippen molar-refractivity contribution in [2.45, 2.75) is 0 Å². The number of carbonyl (C=O) groups excluding carboxylic acids is 1. The van der Waals surface area contributed by atoms with Gasteiger partial charge in [-0.25, -0.2) is 0 Å². The molecule has 0 aliphatic rings. The van der Waals surface area contributed by atoms with Gasteiger partial charge in [-0.15, -0.1) is 0 Å². The summed E-state index contributed by atoms with van der Waals surface area (Å²) in [5, 5.41) is 25.3. The fourth-order valence-electron chi connectivity index (χ4n) is 1.88. The van der Waals surface area contributed by atoms with Crippen LogP contribution in [-0.2, 0) is 0 Å². The first-order valence-corrected chi connectivity index (χ1v) is 6.61. The maximum atomic E-state index is 11.8. The number of para-hydroxylation sites is 1. The average molecular weight is 301 g/mol. The molecule has 0 fully saturated rings. The van der Waals surface area contributed by atoms with E-state index in [4.69, 9.17) is 5.11 Å². The highest BCUT2D eigenvalue weighted by atomic mass is 16.6. The second kappa shape index (κ2) is 7.19. The van der Waals surface area contributed by atoms with Crippen LogP contribution in [-0.4, -0.2) is 29.1 Å². The van der Waals surface area contributed by atoms with Gasteiger partial charge >= 0.3 is 0 Å². The topological polar surface area (TPSA) is 104 Å². The molecule has 0 aliphatic carbocycles. The second-order valence-electron chi connectivity index (χ2n) is 4.46. The van der Waals surface area contributed by atoms with Gasteiger partial charge in [0, 0.05) is 23.9 Å². The van der Waals surface area contributed by atoms with Gasteiger partial charge in [0.1, 0.15) is 5.69 Å². The van der Waals surface area contributed by atoms with Gasteiger partial charge in [0.25, 0.3) is 11.6 Å². The van der Waals surface area contributed by atoms with Crippen molar-refractivity contribution >= 4 is 23.0 Å². The number of hydrogen-bond donors (Lipinski definition) is 3. The molecule has 0 saturated carbocycles. The highest BCUT2D eigenvalue weighted by Crippen LogP contribution is 2.28. The summed E-state index contributed by atoms with van der Waals surface area (Å²) in [5.41, 5.74) is 0.984. The van der Waals surface area contributed by atoms with Crippen LogP contribution in [0, 0.1) is 10.1 Å². The molecular weight excluding hydrogens is 286 g/mol. The number of nitro benzene ring substituents is 1. The Bertz CT molecular complexity index is 674. The molecule has 0 heterocycles. The van der Waals surface area contributed by atoms with Crippen LogP contribution in [0.3, 0.4) is 0 Å². The number of hydrogen-bond acceptors (Lipinski definition) is 5. The maximum absolute atomic E-state index is 11.8. The quantitative estimate of drug-likeness (QED) is 0.559. The first-order chi connectivity index (χ1) is 10.6. The fraction of sp³-hybridized carbons (Fsp3) is 0.133. The van der Waals surface area contributed by atoms with E-state index in [1.165, 1.54) is 18.2 Å². The Hall–Kier alpha value is -2.93. The highest BCUT2D eigenvalue weighted by molar-refractivity contribution is 5.95. The lowest BCUT2D eigenvalue weighted by Gasteiger charge is -2.09. The molecule has 0 aliphatic heterocycles. The lowest BCUT2D eigenvalue weighted by atomic mass is 10.1. The highest BCUT2D eigenvalue weighted by Gasteiger charge is 2.17. The Morgan fingerprint density at radius 2 is 1.91 bits per heavy atom. The molecule has 7 nitrogen and oxygen atoms in total. The summed E-state index contributed by atoms with van der Waals surface area (Å²) in [5.74, 6) is -0.469. The van der Waals surface area contributed by atoms with Crippen LogP contribution < -0.4 is 10.6 Å². The van der Waals surface area contributed by atoms with Gasteiger partial charge in [0.15, 0.2) is 0 Å². The summed E-state index contributed by atoms with van der Waals surface area (Å²) in [6, 6.07) is 13.2. The molecule has 2 rings (SSSR count). The Balaban J connectivity index is 2.28. The van der Waals surface area contributed by atoms with Crippen molar-refractivity contribution in [3.05, 3.63) is 64.2 Å². The summed E-state index contributed by atoms with van der Waals surface area (Å²) < 4.78 is 0. The first-order valence-electron chi connectivity index (χ1n) is 6.61. The van der Waals surface area contributed by atoms with E-state index in [0.717, 1.165) is 0 Å². The van der Waals surface area contributed by atoms with Gasteiger partial charge < -0.3 is 15.7 Å². The van der Waals surface area contributed by atoms with Crippen molar-refractivity contribution in [3.8, 4) is 0 Å². The van der Waals surface area contributed by atoms with Crippen molar-refractivity contribution in [1.29, 1.82) is 0 Å². The number of rotatable bonds is 6. The summed E-state index contributed by atoms with van der Waals surface area (Å²) in [6.07, 6.45) is 0. The number of carbonyl (C=O) groups is 1. The summed E-state index contributed by atoms with van der Waals surface area (Å²) in [4.78, 5) is 22.4. The normalized spacial score (nSPS) is 10.0. The second-order valence-corrected chi connectivity index (χ2v) is 4.46. The van der Waals surface area contributed by atoms with Gasteiger partial charge in [-0.1, -0.05) is 18.2 Å². The molecule has 3 N–H and O–H groups in total. The van der Waals surface area contributed by atoms with E-state index in [1.807, 2.05) is 18.2 Å². The van der Waals surface area contributed by atoms with Crippen LogP contribution in [0.4, 0.5) is 17.1 Å². The third kappa shape index (κ3) is 3.80. The molecule has 0 saturated heterocycles. The Morgan fingerprint density at radius 3 is 2.55 bits per heavy atom. The van der Waals surface area contributed by atoms with Gasteiger partial charge in [-0.2, -0.15) is 0 Å². The molecule has 0 bridgehead atoms. The number of benzene rings is 2. The van der Waals surface area contributed by atoms with Crippen molar-refractivity contribution in [1.82, 2.24) is 5.32 Å². The number of nitrogens with one attached hydrogen (secondary N) is 2. The molecule has 7 heteroatoms. The molecule has 0 atom stereocenters. The average Bonchev–Trinajstić information content (AvgIpc) is 2.53. The lowest BCUT2D eigenvalue weighted by Crippen LogP contribution is -2.26. The van der Waals surface area contributed by atoms with E-state index >= 15 is 0 Å². The van der Waals surface area contributed by atoms with Crippen molar-refractivity contribution in [3.63, 3.8) is 0 Å². The minimum atomic E-state index is -0.548. The molecular formula is C15H15N3O4. The van der Waals surface area contributed by atoms with Crippen LogP contribution in [0.2, 0.25) is 0 Å². The molecule has 0 radical (unpaired) electrons. The molecule has 22 heavy (non-hydrogen) atoms. The Kier molecular flexibility index (Phi) is 5.05. The fourth-order valence-corrected chi connectivity index (χ4v) is 1.88. The molecule has 114 valence electrons. The van der Waals surface area contributed by atoms with E-state index in [0.29, 0.717) is 11.4 Å². The van der Waals surface area contributed by atoms with E-state index in [2.05, 4.69) is 10.6 Å². The minimum absolute atomic E-state index is 0.0939. The number of nitro groups is 1. The third-order valence-corrected chi connectivity index (χ3v) is 2.91. The van der Waals surface area contributed by atoms with Crippen LogP contribution in [0.25, 0.3) is 0 Å². The van der Waals surface area contributed by atoms with E-state index in [9.17, 15) is 14.9 Å². The predicted octanol–water partition coefficient (Wildman–Crippen LogP) is 2.06. The van der Waals surface area contributed by atoms with Crippen LogP contribution in [0.15, 0.2) is 48.5 Å². The van der Waals surface area contributed by atoms with Crippen molar-refractivity contribution in [2.24, 2.45) is 0 Å². The lowest BCUT2D eigenvalue weighted by molar-refractivity contribution is -0.383. The summed E-state index contributed by atoms with van der Waals surface area (Å²) in [7, 11) is 0. The van der Waals surface area contributed by atoms with Crippen molar-refractivity contribution in [2.75, 3.05) is 18.5 Å². The largest absolute Gasteiger partial charge is 0.395 e. The zero-order chi connectivity index (χ0) is 15.9. The summed E-state index contributed by atoms with van der Waals surface area (Å²) in [6.45, 7) is -0.0991. The van der Waals surface area contributed by atoms with Crippen LogP contribution in [0.1, 0.15) is 10.4 Å². The van der Waals surface area contributed by atoms with E-state index < -0.39 is 10.8 Å². The number of amides is 1. The van der Waals surface area contributed by atoms with Crippen LogP contribution in [0.5, 0.6) is 0 Å². The first kappa shape index (κ1) is 15.5. The number of aliphatic hydroxyl groups is 1. The molecule has 2 aromatic carbocycles. The zero-order valence-corrected chi connectivity index (χ0v) is 11.7. The Labute approximate surface area is 126 Å². The molecule has 2 aromatic rings. The van der Waals surface area contributed by atoms with Crippen molar-refractivity contribution < 1.29 is 14.8 Å². The summed E-state index contributed by atoms with van der Waals surface area (Å²) >= 11 is 0. The van der Waals surface area contributed by atoms with Gasteiger partial charge in [0.2, 0.25) is 0 Å². The number of nitrogens with zero attached hydrogens (tertiary/aromatic N) is 1. The van der Waals surface area contributed by atoms with Gasteiger partial charge in [0.05, 0.1) is 11.5 Å². The maximum Gasteiger partial charge on any atom is 0.293 e. The van der Waals surface area contributed by atoms with Gasteiger partial charge in [-0.05, 0) is 24.3 Å². The van der Waals surface area contributed by atoms with E-state index in [1.54, 1.807) is 12.1 Å². The standard InChI is InChI=1S/C15H15N3O4/c19-9-8-16-15(20)11-6-7-13(14(10-11)18(21)22)17-12-4-2-1-3-5-12/h1-7,10,17,19H,8-9H2,(H,16,20). The number of aliphatic hydroxyl groups excluding tert-OH is 1. The monoisotopic (exact) mass is 301 g/mol. The number of anilines is 2. The zero-order valence-electron chi connectivity index (χ0n) is 11.7. The molecule has 0 spiro atoms. The van der Waals surface area contributed by atoms with Crippen LogP contribution >= 0.6 is 0 Å². The smallest absolute Gasteiger partial charge is 0.293 e. The van der Waals surface area contributed by atoms with Gasteiger partial charge in [-0.3, -0.25) is 14.9 Å². The minimum Gasteiger partial charge on any atom is -0.395 e. The SMILES string of the molecule is O=C(NCCO)c1ccc(Nc2ccccc2)c([N+](=O)[O-])c1. The molecule has 0 aromatic heterocycles. The predicted molar refractivity (Wildman–Crippen MR) is 82.2 cm³/mol. The van der Waals surface area contributed by atoms with E-state index in [-0.39, 0.29) is 24.4 Å². The Morgan fingerprint density at radius 1 is 1.18 bits per heavy atom. The molecule has 1 amide bonds.